The third-order valence-electron chi connectivity index (χ3n) is 3.89. The molecule has 1 aromatic heterocycles. The van der Waals surface area contributed by atoms with Crippen LogP contribution in [0.4, 0.5) is 4.39 Å². The van der Waals surface area contributed by atoms with E-state index in [9.17, 15) is 17.6 Å². The molecule has 0 bridgehead atoms. The molecule has 0 aliphatic carbocycles. The van der Waals surface area contributed by atoms with Crippen LogP contribution in [-0.4, -0.2) is 13.0 Å². The zero-order chi connectivity index (χ0) is 17.5. The first-order valence-corrected chi connectivity index (χ1v) is 9.08. The molecule has 2 aromatic carbocycles. The van der Waals surface area contributed by atoms with Crippen molar-refractivity contribution in [3.8, 4) is 0 Å². The zero-order valence-electron chi connectivity index (χ0n) is 13.2. The molecule has 24 heavy (non-hydrogen) atoms. The van der Waals surface area contributed by atoms with Gasteiger partial charge in [-0.3, -0.25) is 4.57 Å². The van der Waals surface area contributed by atoms with Crippen LogP contribution in [0.2, 0.25) is 0 Å². The lowest BCUT2D eigenvalue weighted by molar-refractivity contribution is 0.512. The Morgan fingerprint density at radius 3 is 2.46 bits per heavy atom. The van der Waals surface area contributed by atoms with E-state index in [0.29, 0.717) is 23.2 Å². The van der Waals surface area contributed by atoms with E-state index in [-0.39, 0.29) is 16.2 Å². The van der Waals surface area contributed by atoms with Crippen molar-refractivity contribution in [1.29, 1.82) is 0 Å². The Morgan fingerprint density at radius 2 is 1.83 bits per heavy atom. The average Bonchev–Trinajstić information content (AvgIpc) is 2.82. The van der Waals surface area contributed by atoms with Crippen LogP contribution >= 0.6 is 0 Å². The standard InChI is InChI=1S/C17H16FNO4S/c1-3-19-14-8-11(2)16(9-15(14)23-17(19)20)24(21,22)10-12-4-6-13(18)7-5-12/h4-9H,3,10H2,1-2H3. The van der Waals surface area contributed by atoms with Crippen molar-refractivity contribution in [1.82, 2.24) is 4.57 Å². The molecule has 0 fully saturated rings. The van der Waals surface area contributed by atoms with Crippen LogP contribution < -0.4 is 5.76 Å². The van der Waals surface area contributed by atoms with E-state index in [1.807, 2.05) is 6.92 Å². The summed E-state index contributed by atoms with van der Waals surface area (Å²) in [5, 5.41) is 0. The lowest BCUT2D eigenvalue weighted by atomic mass is 10.2. The largest absolute Gasteiger partial charge is 0.419 e. The van der Waals surface area contributed by atoms with Crippen molar-refractivity contribution in [3.05, 3.63) is 63.9 Å². The molecule has 0 atom stereocenters. The first kappa shape index (κ1) is 16.4. The number of oxazole rings is 1. The highest BCUT2D eigenvalue weighted by Crippen LogP contribution is 2.25. The van der Waals surface area contributed by atoms with E-state index in [1.54, 1.807) is 13.0 Å². The number of nitrogens with zero attached hydrogens (tertiary/aromatic N) is 1. The second-order valence-electron chi connectivity index (χ2n) is 5.58. The highest BCUT2D eigenvalue weighted by molar-refractivity contribution is 7.90. The first-order valence-electron chi connectivity index (χ1n) is 7.43. The molecule has 3 aromatic rings. The predicted molar refractivity (Wildman–Crippen MR) is 88.2 cm³/mol. The summed E-state index contributed by atoms with van der Waals surface area (Å²) in [6, 6.07) is 8.35. The number of rotatable bonds is 4. The first-order chi connectivity index (χ1) is 11.3. The number of hydrogen-bond donors (Lipinski definition) is 0. The molecular formula is C17H16FNO4S. The summed E-state index contributed by atoms with van der Waals surface area (Å²) in [5.41, 5.74) is 1.84. The summed E-state index contributed by atoms with van der Waals surface area (Å²) in [7, 11) is -3.65. The van der Waals surface area contributed by atoms with Gasteiger partial charge in [0.05, 0.1) is 16.2 Å². The Kier molecular flexibility index (Phi) is 4.04. The summed E-state index contributed by atoms with van der Waals surface area (Å²) in [6.07, 6.45) is 0. The Bertz CT molecular complexity index is 1060. The van der Waals surface area contributed by atoms with Gasteiger partial charge < -0.3 is 4.42 Å². The van der Waals surface area contributed by atoms with Crippen LogP contribution in [0.1, 0.15) is 18.1 Å². The second-order valence-corrected chi connectivity index (χ2v) is 7.54. The van der Waals surface area contributed by atoms with Crippen molar-refractivity contribution >= 4 is 20.9 Å². The van der Waals surface area contributed by atoms with Gasteiger partial charge in [-0.05, 0) is 43.2 Å². The fourth-order valence-corrected chi connectivity index (χ4v) is 4.33. The van der Waals surface area contributed by atoms with Gasteiger partial charge in [-0.15, -0.1) is 0 Å². The smallest absolute Gasteiger partial charge is 0.408 e. The molecule has 0 aliphatic rings. The number of fused-ring (bicyclic) bond motifs is 1. The average molecular weight is 349 g/mol. The Morgan fingerprint density at radius 1 is 1.17 bits per heavy atom. The van der Waals surface area contributed by atoms with E-state index >= 15 is 0 Å². The molecule has 126 valence electrons. The molecule has 7 heteroatoms. The lowest BCUT2D eigenvalue weighted by Gasteiger charge is -2.08. The quantitative estimate of drug-likeness (QED) is 0.726. The Labute approximate surface area is 138 Å². The maximum Gasteiger partial charge on any atom is 0.419 e. The maximum atomic E-state index is 13.0. The Hall–Kier alpha value is -2.41. The van der Waals surface area contributed by atoms with Gasteiger partial charge in [-0.25, -0.2) is 17.6 Å². The summed E-state index contributed by atoms with van der Waals surface area (Å²) < 4.78 is 44.9. The third-order valence-corrected chi connectivity index (χ3v) is 5.71. The SMILES string of the molecule is CCn1c(=O)oc2cc(S(=O)(=O)Cc3ccc(F)cc3)c(C)cc21. The number of hydrogen-bond acceptors (Lipinski definition) is 4. The van der Waals surface area contributed by atoms with Gasteiger partial charge in [-0.2, -0.15) is 0 Å². The highest BCUT2D eigenvalue weighted by Gasteiger charge is 2.21. The van der Waals surface area contributed by atoms with Crippen molar-refractivity contribution in [3.63, 3.8) is 0 Å². The minimum absolute atomic E-state index is 0.108. The summed E-state index contributed by atoms with van der Waals surface area (Å²) in [5.74, 6) is -1.19. The number of sulfone groups is 1. The van der Waals surface area contributed by atoms with Crippen LogP contribution in [0.5, 0.6) is 0 Å². The normalized spacial score (nSPS) is 12.0. The van der Waals surface area contributed by atoms with Gasteiger partial charge in [0.1, 0.15) is 5.82 Å². The topological polar surface area (TPSA) is 69.3 Å². The van der Waals surface area contributed by atoms with E-state index in [1.165, 1.54) is 34.9 Å². The fourth-order valence-electron chi connectivity index (χ4n) is 2.71. The molecule has 3 rings (SSSR count). The summed E-state index contributed by atoms with van der Waals surface area (Å²) in [4.78, 5) is 11.9. The molecule has 1 heterocycles. The van der Waals surface area contributed by atoms with Gasteiger partial charge in [0.2, 0.25) is 0 Å². The Balaban J connectivity index is 2.09. The van der Waals surface area contributed by atoms with Gasteiger partial charge in [-0.1, -0.05) is 12.1 Å². The van der Waals surface area contributed by atoms with Crippen LogP contribution in [0.15, 0.2) is 50.5 Å². The lowest BCUT2D eigenvalue weighted by Crippen LogP contribution is -2.12. The number of aryl methyl sites for hydroxylation is 2. The van der Waals surface area contributed by atoms with Crippen LogP contribution in [0.25, 0.3) is 11.1 Å². The van der Waals surface area contributed by atoms with Gasteiger partial charge in [0.15, 0.2) is 15.4 Å². The van der Waals surface area contributed by atoms with E-state index in [2.05, 4.69) is 0 Å². The third kappa shape index (κ3) is 2.87. The van der Waals surface area contributed by atoms with Crippen molar-refractivity contribution < 1.29 is 17.2 Å². The number of benzene rings is 2. The minimum Gasteiger partial charge on any atom is -0.408 e. The minimum atomic E-state index is -3.65. The van der Waals surface area contributed by atoms with E-state index in [4.69, 9.17) is 4.42 Å². The molecule has 0 N–H and O–H groups in total. The van der Waals surface area contributed by atoms with Crippen molar-refractivity contribution in [2.75, 3.05) is 0 Å². The van der Waals surface area contributed by atoms with Crippen molar-refractivity contribution in [2.24, 2.45) is 0 Å². The molecule has 0 radical (unpaired) electrons. The van der Waals surface area contributed by atoms with Crippen LogP contribution in [0.3, 0.4) is 0 Å². The van der Waals surface area contributed by atoms with Gasteiger partial charge in [0, 0.05) is 12.6 Å². The molecular weight excluding hydrogens is 333 g/mol. The van der Waals surface area contributed by atoms with E-state index in [0.717, 1.165) is 0 Å². The highest BCUT2D eigenvalue weighted by atomic mass is 32.2. The van der Waals surface area contributed by atoms with Crippen LogP contribution in [0, 0.1) is 12.7 Å². The van der Waals surface area contributed by atoms with Crippen LogP contribution in [-0.2, 0) is 22.1 Å². The molecule has 0 spiro atoms. The fraction of sp³-hybridized carbons (Fsp3) is 0.235. The number of aromatic nitrogens is 1. The second kappa shape index (κ2) is 5.90. The molecule has 0 amide bonds. The van der Waals surface area contributed by atoms with E-state index < -0.39 is 21.4 Å². The molecule has 5 nitrogen and oxygen atoms in total. The van der Waals surface area contributed by atoms with Gasteiger partial charge >= 0.3 is 5.76 Å². The molecule has 0 saturated carbocycles. The molecule has 0 saturated heterocycles. The van der Waals surface area contributed by atoms with Gasteiger partial charge in [0.25, 0.3) is 0 Å². The monoisotopic (exact) mass is 349 g/mol. The molecule has 0 aliphatic heterocycles. The predicted octanol–water partition coefficient (Wildman–Crippen LogP) is 3.04. The number of halogens is 1. The molecule has 0 unspecified atom stereocenters. The maximum absolute atomic E-state index is 13.0. The summed E-state index contributed by atoms with van der Waals surface area (Å²) >= 11 is 0. The summed E-state index contributed by atoms with van der Waals surface area (Å²) in [6.45, 7) is 3.92. The van der Waals surface area contributed by atoms with Crippen molar-refractivity contribution in [2.45, 2.75) is 31.0 Å². The zero-order valence-corrected chi connectivity index (χ0v) is 14.1.